The van der Waals surface area contributed by atoms with Crippen LogP contribution in [0.4, 0.5) is 0 Å². The van der Waals surface area contributed by atoms with Crippen LogP contribution in [-0.4, -0.2) is 47.8 Å². The predicted molar refractivity (Wildman–Crippen MR) is 104 cm³/mol. The van der Waals surface area contributed by atoms with Gasteiger partial charge in [0.25, 0.3) is 0 Å². The topological polar surface area (TPSA) is 40.6 Å². The van der Waals surface area contributed by atoms with Crippen molar-refractivity contribution in [3.05, 3.63) is 35.9 Å². The summed E-state index contributed by atoms with van der Waals surface area (Å²) in [6.07, 6.45) is 4.67. The first-order valence-electron chi connectivity index (χ1n) is 10.2. The monoisotopic (exact) mass is 356 g/mol. The van der Waals surface area contributed by atoms with Gasteiger partial charge in [-0.2, -0.15) is 0 Å². The van der Waals surface area contributed by atoms with Crippen LogP contribution in [0.2, 0.25) is 0 Å². The highest BCUT2D eigenvalue weighted by molar-refractivity contribution is 5.84. The summed E-state index contributed by atoms with van der Waals surface area (Å²) in [5.74, 6) is 1.31. The van der Waals surface area contributed by atoms with Gasteiger partial charge in [0.15, 0.2) is 0 Å². The Bertz CT molecular complexity index is 600. The summed E-state index contributed by atoms with van der Waals surface area (Å²) in [6, 6.07) is 10.1. The standard InChI is InChI=1S/C22H32N2O2/c1-3-20(18-7-5-4-6-8-18)22(26)24-15-11-19(12-16-24)21(25)23-13-9-17(2)10-14-23/h4-8,17,19-20H,3,9-16H2,1-2H3/t20-/m1/s1. The molecule has 142 valence electrons. The van der Waals surface area contributed by atoms with E-state index in [2.05, 4.69) is 18.7 Å². The fourth-order valence-corrected chi connectivity index (χ4v) is 4.29. The Morgan fingerprint density at radius 1 is 0.962 bits per heavy atom. The summed E-state index contributed by atoms with van der Waals surface area (Å²) in [4.78, 5) is 29.8. The van der Waals surface area contributed by atoms with Crippen molar-refractivity contribution in [3.63, 3.8) is 0 Å². The third-order valence-electron chi connectivity index (χ3n) is 6.16. The third-order valence-corrected chi connectivity index (χ3v) is 6.16. The molecule has 1 atom stereocenters. The second-order valence-electron chi connectivity index (χ2n) is 7.98. The number of nitrogens with zero attached hydrogens (tertiary/aromatic N) is 2. The molecule has 0 saturated carbocycles. The number of rotatable bonds is 4. The van der Waals surface area contributed by atoms with Crippen LogP contribution in [0.3, 0.4) is 0 Å². The van der Waals surface area contributed by atoms with Crippen LogP contribution in [0.5, 0.6) is 0 Å². The highest BCUT2D eigenvalue weighted by atomic mass is 16.2. The maximum absolute atomic E-state index is 13.0. The van der Waals surface area contributed by atoms with Crippen LogP contribution >= 0.6 is 0 Å². The quantitative estimate of drug-likeness (QED) is 0.826. The van der Waals surface area contributed by atoms with E-state index < -0.39 is 0 Å². The zero-order chi connectivity index (χ0) is 18.5. The SMILES string of the molecule is CC[C@@H](C(=O)N1CCC(C(=O)N2CCC(C)CC2)CC1)c1ccccc1. The number of hydrogen-bond acceptors (Lipinski definition) is 2. The first kappa shape index (κ1) is 18.9. The number of hydrogen-bond donors (Lipinski definition) is 0. The number of carbonyl (C=O) groups is 2. The maximum Gasteiger partial charge on any atom is 0.230 e. The van der Waals surface area contributed by atoms with E-state index >= 15 is 0 Å². The molecule has 2 saturated heterocycles. The fourth-order valence-electron chi connectivity index (χ4n) is 4.29. The zero-order valence-electron chi connectivity index (χ0n) is 16.2. The molecule has 0 aromatic heterocycles. The van der Waals surface area contributed by atoms with Crippen LogP contribution in [0.1, 0.15) is 57.4 Å². The van der Waals surface area contributed by atoms with Gasteiger partial charge in [-0.05, 0) is 43.6 Å². The van der Waals surface area contributed by atoms with Crippen molar-refractivity contribution in [3.8, 4) is 0 Å². The van der Waals surface area contributed by atoms with Gasteiger partial charge in [0, 0.05) is 32.1 Å². The number of likely N-dealkylation sites (tertiary alicyclic amines) is 2. The Hall–Kier alpha value is -1.84. The molecule has 0 N–H and O–H groups in total. The number of benzene rings is 1. The molecule has 1 aromatic rings. The average molecular weight is 357 g/mol. The first-order valence-corrected chi connectivity index (χ1v) is 10.2. The van der Waals surface area contributed by atoms with E-state index in [1.54, 1.807) is 0 Å². The van der Waals surface area contributed by atoms with Gasteiger partial charge in [-0.25, -0.2) is 0 Å². The Balaban J connectivity index is 1.54. The molecule has 2 fully saturated rings. The number of piperidine rings is 2. The van der Waals surface area contributed by atoms with Crippen LogP contribution in [0, 0.1) is 11.8 Å². The van der Waals surface area contributed by atoms with E-state index in [-0.39, 0.29) is 17.7 Å². The molecular formula is C22H32N2O2. The lowest BCUT2D eigenvalue weighted by Gasteiger charge is -2.37. The molecule has 0 radical (unpaired) electrons. The van der Waals surface area contributed by atoms with Gasteiger partial charge < -0.3 is 9.80 Å². The van der Waals surface area contributed by atoms with Crippen molar-refractivity contribution in [2.75, 3.05) is 26.2 Å². The molecular weight excluding hydrogens is 324 g/mol. The van der Waals surface area contributed by atoms with Gasteiger partial charge in [0.05, 0.1) is 5.92 Å². The molecule has 26 heavy (non-hydrogen) atoms. The largest absolute Gasteiger partial charge is 0.342 e. The zero-order valence-corrected chi connectivity index (χ0v) is 16.2. The summed E-state index contributed by atoms with van der Waals surface area (Å²) in [6.45, 7) is 7.58. The van der Waals surface area contributed by atoms with Gasteiger partial charge in [-0.15, -0.1) is 0 Å². The van der Waals surface area contributed by atoms with Gasteiger partial charge >= 0.3 is 0 Å². The van der Waals surface area contributed by atoms with Gasteiger partial charge in [0.2, 0.25) is 11.8 Å². The van der Waals surface area contributed by atoms with Gasteiger partial charge in [0.1, 0.15) is 0 Å². The maximum atomic E-state index is 13.0. The Kier molecular flexibility index (Phi) is 6.33. The molecule has 0 spiro atoms. The molecule has 4 heteroatoms. The smallest absolute Gasteiger partial charge is 0.230 e. The van der Waals surface area contributed by atoms with Crippen molar-refractivity contribution < 1.29 is 9.59 Å². The number of amides is 2. The Morgan fingerprint density at radius 2 is 1.54 bits per heavy atom. The van der Waals surface area contributed by atoms with Crippen molar-refractivity contribution >= 4 is 11.8 Å². The van der Waals surface area contributed by atoms with E-state index in [1.807, 2.05) is 35.2 Å². The Labute approximate surface area is 157 Å². The van der Waals surface area contributed by atoms with Crippen molar-refractivity contribution in [2.45, 2.75) is 51.9 Å². The summed E-state index contributed by atoms with van der Waals surface area (Å²) in [5.41, 5.74) is 1.10. The molecule has 2 aliphatic heterocycles. The van der Waals surface area contributed by atoms with Crippen molar-refractivity contribution in [2.24, 2.45) is 11.8 Å². The highest BCUT2D eigenvalue weighted by Crippen LogP contribution is 2.27. The second kappa shape index (κ2) is 8.70. The van der Waals surface area contributed by atoms with Crippen LogP contribution in [0.15, 0.2) is 30.3 Å². The molecule has 0 bridgehead atoms. The average Bonchev–Trinajstić information content (AvgIpc) is 2.69. The van der Waals surface area contributed by atoms with Crippen LogP contribution in [-0.2, 0) is 9.59 Å². The summed E-state index contributed by atoms with van der Waals surface area (Å²) >= 11 is 0. The second-order valence-corrected chi connectivity index (χ2v) is 7.98. The predicted octanol–water partition coefficient (Wildman–Crippen LogP) is 3.68. The van der Waals surface area contributed by atoms with Crippen LogP contribution in [0.25, 0.3) is 0 Å². The van der Waals surface area contributed by atoms with Crippen LogP contribution < -0.4 is 0 Å². The normalized spacial score (nSPS) is 20.8. The highest BCUT2D eigenvalue weighted by Gasteiger charge is 2.33. The van der Waals surface area contributed by atoms with Gasteiger partial charge in [-0.3, -0.25) is 9.59 Å². The van der Waals surface area contributed by atoms with E-state index in [1.165, 1.54) is 0 Å². The van der Waals surface area contributed by atoms with E-state index in [0.29, 0.717) is 19.0 Å². The lowest BCUT2D eigenvalue weighted by molar-refractivity contribution is -0.142. The minimum Gasteiger partial charge on any atom is -0.342 e. The van der Waals surface area contributed by atoms with E-state index in [4.69, 9.17) is 0 Å². The summed E-state index contributed by atoms with van der Waals surface area (Å²) in [5, 5.41) is 0. The molecule has 2 amide bonds. The molecule has 2 aliphatic rings. The molecule has 3 rings (SSSR count). The first-order chi connectivity index (χ1) is 12.6. The van der Waals surface area contributed by atoms with Gasteiger partial charge in [-0.1, -0.05) is 44.2 Å². The van der Waals surface area contributed by atoms with E-state index in [0.717, 1.165) is 56.7 Å². The lowest BCUT2D eigenvalue weighted by atomic mass is 9.90. The lowest BCUT2D eigenvalue weighted by Crippen LogP contribution is -2.47. The molecule has 0 aliphatic carbocycles. The number of carbonyl (C=O) groups excluding carboxylic acids is 2. The Morgan fingerprint density at radius 3 is 2.12 bits per heavy atom. The molecule has 0 unspecified atom stereocenters. The molecule has 1 aromatic carbocycles. The van der Waals surface area contributed by atoms with Crippen molar-refractivity contribution in [1.29, 1.82) is 0 Å². The van der Waals surface area contributed by atoms with Crippen molar-refractivity contribution in [1.82, 2.24) is 9.80 Å². The minimum absolute atomic E-state index is 0.0629. The third kappa shape index (κ3) is 4.28. The fraction of sp³-hybridized carbons (Fsp3) is 0.636. The summed E-state index contributed by atoms with van der Waals surface area (Å²) < 4.78 is 0. The molecule has 2 heterocycles. The minimum atomic E-state index is -0.0629. The van der Waals surface area contributed by atoms with E-state index in [9.17, 15) is 9.59 Å². The molecule has 4 nitrogen and oxygen atoms in total. The summed E-state index contributed by atoms with van der Waals surface area (Å²) in [7, 11) is 0.